The summed E-state index contributed by atoms with van der Waals surface area (Å²) in [5, 5.41) is 0. The van der Waals surface area contributed by atoms with Crippen LogP contribution in [0.3, 0.4) is 0 Å². The molecule has 6 heteroatoms. The summed E-state index contributed by atoms with van der Waals surface area (Å²) in [7, 11) is 0. The highest BCUT2D eigenvalue weighted by Crippen LogP contribution is 2.25. The molecular weight excluding hydrogens is 290 g/mol. The van der Waals surface area contributed by atoms with Crippen molar-refractivity contribution in [2.24, 2.45) is 5.73 Å². The maximum Gasteiger partial charge on any atom is 0.390 e. The monoisotopic (exact) mass is 299 g/mol. The van der Waals surface area contributed by atoms with Crippen LogP contribution in [0.5, 0.6) is 0 Å². The maximum absolute atomic E-state index is 13.1. The lowest BCUT2D eigenvalue weighted by atomic mass is 10.0. The molecular formula is C10H10BrF4N. The first-order valence-electron chi connectivity index (χ1n) is 4.55. The van der Waals surface area contributed by atoms with Crippen molar-refractivity contribution >= 4 is 15.9 Å². The van der Waals surface area contributed by atoms with Crippen LogP contribution in [-0.2, 0) is 6.42 Å². The number of hydrogen-bond acceptors (Lipinski definition) is 1. The highest BCUT2D eigenvalue weighted by molar-refractivity contribution is 9.10. The van der Waals surface area contributed by atoms with Gasteiger partial charge in [0.1, 0.15) is 5.82 Å². The molecule has 0 radical (unpaired) electrons. The molecule has 0 heterocycles. The SMILES string of the molecule is NC(Cc1cccc(F)c1Br)CC(F)(F)F. The van der Waals surface area contributed by atoms with Gasteiger partial charge in [0.25, 0.3) is 0 Å². The topological polar surface area (TPSA) is 26.0 Å². The fourth-order valence-corrected chi connectivity index (χ4v) is 1.78. The first-order chi connectivity index (χ1) is 7.29. The molecule has 0 fully saturated rings. The standard InChI is InChI=1S/C10H10BrF4N/c11-9-6(2-1-3-8(9)12)4-7(16)5-10(13,14)15/h1-3,7H,4-5,16H2. The van der Waals surface area contributed by atoms with Crippen molar-refractivity contribution in [3.8, 4) is 0 Å². The highest BCUT2D eigenvalue weighted by atomic mass is 79.9. The van der Waals surface area contributed by atoms with Crippen LogP contribution in [0.1, 0.15) is 12.0 Å². The summed E-state index contributed by atoms with van der Waals surface area (Å²) in [5.41, 5.74) is 5.79. The van der Waals surface area contributed by atoms with Gasteiger partial charge in [-0.05, 0) is 34.0 Å². The van der Waals surface area contributed by atoms with E-state index in [1.54, 1.807) is 6.07 Å². The average Bonchev–Trinajstić information content (AvgIpc) is 2.09. The van der Waals surface area contributed by atoms with Gasteiger partial charge in [0.15, 0.2) is 0 Å². The average molecular weight is 300 g/mol. The van der Waals surface area contributed by atoms with Gasteiger partial charge in [0.2, 0.25) is 0 Å². The molecule has 1 atom stereocenters. The fraction of sp³-hybridized carbons (Fsp3) is 0.400. The zero-order valence-corrected chi connectivity index (χ0v) is 9.78. The quantitative estimate of drug-likeness (QED) is 0.851. The lowest BCUT2D eigenvalue weighted by Crippen LogP contribution is -2.29. The van der Waals surface area contributed by atoms with Crippen LogP contribution in [0.4, 0.5) is 17.6 Å². The Morgan fingerprint density at radius 3 is 2.50 bits per heavy atom. The number of alkyl halides is 3. The van der Waals surface area contributed by atoms with Crippen LogP contribution in [0.25, 0.3) is 0 Å². The third-order valence-electron chi connectivity index (χ3n) is 2.01. The smallest absolute Gasteiger partial charge is 0.327 e. The summed E-state index contributed by atoms with van der Waals surface area (Å²) in [4.78, 5) is 0. The van der Waals surface area contributed by atoms with Crippen LogP contribution in [0.15, 0.2) is 22.7 Å². The second-order valence-electron chi connectivity index (χ2n) is 3.50. The Hall–Kier alpha value is -0.620. The summed E-state index contributed by atoms with van der Waals surface area (Å²) in [6.45, 7) is 0. The van der Waals surface area contributed by atoms with Gasteiger partial charge in [0, 0.05) is 6.04 Å². The number of benzene rings is 1. The van der Waals surface area contributed by atoms with E-state index in [0.717, 1.165) is 0 Å². The Kier molecular flexibility index (Phi) is 4.32. The summed E-state index contributed by atoms with van der Waals surface area (Å²) in [5.74, 6) is -0.503. The molecule has 0 aliphatic carbocycles. The summed E-state index contributed by atoms with van der Waals surface area (Å²) < 4.78 is 49.3. The van der Waals surface area contributed by atoms with Crippen molar-refractivity contribution in [1.82, 2.24) is 0 Å². The Bertz CT molecular complexity index is 364. The molecule has 16 heavy (non-hydrogen) atoms. The molecule has 0 saturated heterocycles. The van der Waals surface area contributed by atoms with Crippen LogP contribution in [-0.4, -0.2) is 12.2 Å². The molecule has 2 N–H and O–H groups in total. The molecule has 1 aromatic rings. The van der Waals surface area contributed by atoms with Crippen LogP contribution in [0.2, 0.25) is 0 Å². The van der Waals surface area contributed by atoms with Crippen LogP contribution >= 0.6 is 15.9 Å². The molecule has 0 saturated carbocycles. The van der Waals surface area contributed by atoms with Gasteiger partial charge in [-0.2, -0.15) is 13.2 Å². The lowest BCUT2D eigenvalue weighted by Gasteiger charge is -2.15. The first kappa shape index (κ1) is 13.4. The van der Waals surface area contributed by atoms with Crippen molar-refractivity contribution in [1.29, 1.82) is 0 Å². The van der Waals surface area contributed by atoms with Crippen molar-refractivity contribution in [2.45, 2.75) is 25.1 Å². The number of hydrogen-bond donors (Lipinski definition) is 1. The minimum absolute atomic E-state index is 0.0160. The summed E-state index contributed by atoms with van der Waals surface area (Å²) >= 11 is 2.98. The minimum Gasteiger partial charge on any atom is -0.327 e. The Morgan fingerprint density at radius 1 is 1.31 bits per heavy atom. The molecule has 0 spiro atoms. The molecule has 1 rings (SSSR count). The fourth-order valence-electron chi connectivity index (χ4n) is 1.36. The van der Waals surface area contributed by atoms with E-state index in [0.29, 0.717) is 5.56 Å². The molecule has 1 unspecified atom stereocenters. The van der Waals surface area contributed by atoms with Gasteiger partial charge < -0.3 is 5.73 Å². The third-order valence-corrected chi connectivity index (χ3v) is 2.90. The number of halogens is 5. The third kappa shape index (κ3) is 4.09. The Balaban J connectivity index is 2.70. The molecule has 0 aliphatic rings. The number of rotatable bonds is 3. The van der Waals surface area contributed by atoms with Crippen molar-refractivity contribution < 1.29 is 17.6 Å². The second-order valence-corrected chi connectivity index (χ2v) is 4.29. The number of nitrogens with two attached hydrogens (primary N) is 1. The van der Waals surface area contributed by atoms with E-state index in [-0.39, 0.29) is 10.9 Å². The zero-order chi connectivity index (χ0) is 12.3. The van der Waals surface area contributed by atoms with E-state index in [2.05, 4.69) is 15.9 Å². The minimum atomic E-state index is -4.29. The van der Waals surface area contributed by atoms with E-state index in [4.69, 9.17) is 5.73 Å². The van der Waals surface area contributed by atoms with E-state index >= 15 is 0 Å². The maximum atomic E-state index is 13.1. The van der Waals surface area contributed by atoms with E-state index in [1.807, 2.05) is 0 Å². The van der Waals surface area contributed by atoms with Crippen molar-refractivity contribution in [3.05, 3.63) is 34.1 Å². The Labute approximate surface area is 98.8 Å². The van der Waals surface area contributed by atoms with Gasteiger partial charge in [-0.3, -0.25) is 0 Å². The van der Waals surface area contributed by atoms with Crippen LogP contribution in [0, 0.1) is 5.82 Å². The molecule has 0 amide bonds. The second kappa shape index (κ2) is 5.14. The Morgan fingerprint density at radius 2 is 1.94 bits per heavy atom. The molecule has 0 aromatic heterocycles. The predicted molar refractivity (Wildman–Crippen MR) is 56.5 cm³/mol. The van der Waals surface area contributed by atoms with Crippen molar-refractivity contribution in [3.63, 3.8) is 0 Å². The summed E-state index contributed by atoms with van der Waals surface area (Å²) in [6, 6.07) is 3.15. The van der Waals surface area contributed by atoms with Gasteiger partial charge in [0.05, 0.1) is 10.9 Å². The normalized spacial score (nSPS) is 13.9. The highest BCUT2D eigenvalue weighted by Gasteiger charge is 2.30. The molecule has 1 nitrogen and oxygen atoms in total. The van der Waals surface area contributed by atoms with Gasteiger partial charge >= 0.3 is 6.18 Å². The summed E-state index contributed by atoms with van der Waals surface area (Å²) in [6.07, 6.45) is -5.38. The molecule has 0 aliphatic heterocycles. The first-order valence-corrected chi connectivity index (χ1v) is 5.34. The van der Waals surface area contributed by atoms with E-state index < -0.39 is 24.5 Å². The predicted octanol–water partition coefficient (Wildman–Crippen LogP) is 3.41. The van der Waals surface area contributed by atoms with E-state index in [1.165, 1.54) is 12.1 Å². The molecule has 1 aromatic carbocycles. The van der Waals surface area contributed by atoms with Crippen molar-refractivity contribution in [2.75, 3.05) is 0 Å². The van der Waals surface area contributed by atoms with Gasteiger partial charge in [-0.15, -0.1) is 0 Å². The van der Waals surface area contributed by atoms with E-state index in [9.17, 15) is 17.6 Å². The lowest BCUT2D eigenvalue weighted by molar-refractivity contribution is -0.138. The molecule has 0 bridgehead atoms. The zero-order valence-electron chi connectivity index (χ0n) is 8.19. The largest absolute Gasteiger partial charge is 0.390 e. The molecule has 90 valence electrons. The van der Waals surface area contributed by atoms with Gasteiger partial charge in [-0.1, -0.05) is 12.1 Å². The van der Waals surface area contributed by atoms with Gasteiger partial charge in [-0.25, -0.2) is 4.39 Å². The van der Waals surface area contributed by atoms with Crippen LogP contribution < -0.4 is 5.73 Å².